The molecule has 0 N–H and O–H groups in total. The number of hydrogen-bond acceptors (Lipinski definition) is 1. The van der Waals surface area contributed by atoms with Gasteiger partial charge in [0.25, 0.3) is 0 Å². The fraction of sp³-hybridized carbons (Fsp3) is 0.533. The average Bonchev–Trinajstić information content (AvgIpc) is 2.63. The maximum atomic E-state index is 13.3. The lowest BCUT2D eigenvalue weighted by Gasteiger charge is -2.13. The van der Waals surface area contributed by atoms with E-state index in [0.29, 0.717) is 5.56 Å². The van der Waals surface area contributed by atoms with Crippen LogP contribution in [0.25, 0.3) is 0 Å². The second kappa shape index (κ2) is 6.33. The highest BCUT2D eigenvalue weighted by atomic mass is 35.5. The highest BCUT2D eigenvalue weighted by Gasteiger charge is 2.21. The van der Waals surface area contributed by atoms with Crippen molar-refractivity contribution in [2.75, 3.05) is 0 Å². The summed E-state index contributed by atoms with van der Waals surface area (Å²) in [6.45, 7) is 0. The quantitative estimate of drug-likeness (QED) is 0.735. The van der Waals surface area contributed by atoms with Gasteiger partial charge in [-0.25, -0.2) is 4.39 Å². The second-order valence-electron chi connectivity index (χ2n) is 5.04. The minimum Gasteiger partial charge on any atom is -0.299 e. The van der Waals surface area contributed by atoms with Gasteiger partial charge in [-0.2, -0.15) is 0 Å². The van der Waals surface area contributed by atoms with E-state index in [1.807, 2.05) is 0 Å². The maximum absolute atomic E-state index is 13.3. The third kappa shape index (κ3) is 3.32. The van der Waals surface area contributed by atoms with Gasteiger partial charge in [-0.15, -0.1) is 0 Å². The Hall–Kier alpha value is -0.890. The molecule has 98 valence electrons. The number of carbonyl (C=O) groups excluding carboxylic acids is 1. The number of benzene rings is 1. The predicted molar refractivity (Wildman–Crippen MR) is 71.3 cm³/mol. The van der Waals surface area contributed by atoms with Gasteiger partial charge in [-0.3, -0.25) is 4.79 Å². The first kappa shape index (κ1) is 13.5. The molecule has 0 atom stereocenters. The van der Waals surface area contributed by atoms with Gasteiger partial charge in [0.1, 0.15) is 11.6 Å². The zero-order valence-corrected chi connectivity index (χ0v) is 11.2. The van der Waals surface area contributed by atoms with E-state index in [-0.39, 0.29) is 23.1 Å². The molecule has 1 saturated carbocycles. The first-order valence-corrected chi connectivity index (χ1v) is 7.02. The van der Waals surface area contributed by atoms with Crippen molar-refractivity contribution in [2.45, 2.75) is 44.9 Å². The van der Waals surface area contributed by atoms with Crippen molar-refractivity contribution in [1.29, 1.82) is 0 Å². The van der Waals surface area contributed by atoms with Crippen molar-refractivity contribution in [3.8, 4) is 0 Å². The van der Waals surface area contributed by atoms with Crippen LogP contribution in [0.15, 0.2) is 18.2 Å². The Kier molecular flexibility index (Phi) is 4.76. The Labute approximate surface area is 112 Å². The normalized spacial score (nSPS) is 17.4. The minimum atomic E-state index is -0.442. The molecule has 0 aliphatic heterocycles. The summed E-state index contributed by atoms with van der Waals surface area (Å²) in [6.07, 6.45) is 6.94. The molecule has 0 heterocycles. The Balaban J connectivity index is 2.03. The van der Waals surface area contributed by atoms with Gasteiger partial charge < -0.3 is 0 Å². The molecule has 1 aromatic carbocycles. The molecular formula is C15H18ClFO. The summed E-state index contributed by atoms with van der Waals surface area (Å²) in [6, 6.07) is 4.67. The predicted octanol–water partition coefficient (Wildman–Crippen LogP) is 4.56. The monoisotopic (exact) mass is 268 g/mol. The highest BCUT2D eigenvalue weighted by Crippen LogP contribution is 2.26. The number of hydrogen-bond donors (Lipinski definition) is 0. The van der Waals surface area contributed by atoms with E-state index in [4.69, 9.17) is 11.6 Å². The van der Waals surface area contributed by atoms with Crippen LogP contribution in [0.4, 0.5) is 4.39 Å². The van der Waals surface area contributed by atoms with Gasteiger partial charge in [0.2, 0.25) is 0 Å². The maximum Gasteiger partial charge on any atom is 0.142 e. The molecule has 1 nitrogen and oxygen atoms in total. The Morgan fingerprint density at radius 1 is 1.22 bits per heavy atom. The van der Waals surface area contributed by atoms with Crippen LogP contribution in [0.2, 0.25) is 5.02 Å². The zero-order chi connectivity index (χ0) is 13.0. The van der Waals surface area contributed by atoms with E-state index in [0.717, 1.165) is 25.7 Å². The Bertz CT molecular complexity index is 423. The van der Waals surface area contributed by atoms with Crippen molar-refractivity contribution in [3.05, 3.63) is 34.6 Å². The zero-order valence-electron chi connectivity index (χ0n) is 10.4. The Morgan fingerprint density at radius 3 is 2.56 bits per heavy atom. The molecule has 18 heavy (non-hydrogen) atoms. The van der Waals surface area contributed by atoms with Crippen LogP contribution >= 0.6 is 11.6 Å². The minimum absolute atomic E-state index is 0.0967. The summed E-state index contributed by atoms with van der Waals surface area (Å²) in [4.78, 5) is 12.2. The number of Topliss-reactive ketones (excluding diaryl/α,β-unsaturated/α-hetero) is 1. The standard InChI is InChI=1S/C15H18ClFO/c16-15-12(8-5-9-13(15)17)10-14(18)11-6-3-1-2-4-7-11/h5,8-9,11H,1-4,6-7,10H2. The average molecular weight is 269 g/mol. The number of rotatable bonds is 3. The lowest BCUT2D eigenvalue weighted by atomic mass is 9.91. The summed E-state index contributed by atoms with van der Waals surface area (Å²) in [7, 11) is 0. The largest absolute Gasteiger partial charge is 0.299 e. The summed E-state index contributed by atoms with van der Waals surface area (Å²) in [5.74, 6) is -0.0842. The fourth-order valence-electron chi connectivity index (χ4n) is 2.62. The van der Waals surface area contributed by atoms with Gasteiger partial charge in [0.05, 0.1) is 5.02 Å². The number of carbonyl (C=O) groups is 1. The van der Waals surface area contributed by atoms with Crippen molar-refractivity contribution < 1.29 is 9.18 Å². The molecule has 1 aliphatic carbocycles. The van der Waals surface area contributed by atoms with Crippen LogP contribution in [0.3, 0.4) is 0 Å². The van der Waals surface area contributed by atoms with Gasteiger partial charge >= 0.3 is 0 Å². The van der Waals surface area contributed by atoms with Crippen molar-refractivity contribution in [1.82, 2.24) is 0 Å². The van der Waals surface area contributed by atoms with Crippen LogP contribution in [0.1, 0.15) is 44.1 Å². The highest BCUT2D eigenvalue weighted by molar-refractivity contribution is 6.31. The molecule has 1 fully saturated rings. The first-order chi connectivity index (χ1) is 8.68. The molecule has 0 unspecified atom stereocenters. The van der Waals surface area contributed by atoms with Crippen LogP contribution in [-0.4, -0.2) is 5.78 Å². The lowest BCUT2D eigenvalue weighted by molar-refractivity contribution is -0.122. The van der Waals surface area contributed by atoms with Crippen LogP contribution in [-0.2, 0) is 11.2 Å². The molecule has 0 bridgehead atoms. The number of halogens is 2. The molecular weight excluding hydrogens is 251 g/mol. The lowest BCUT2D eigenvalue weighted by Crippen LogP contribution is -2.16. The summed E-state index contributed by atoms with van der Waals surface area (Å²) < 4.78 is 13.3. The van der Waals surface area contributed by atoms with E-state index in [1.165, 1.54) is 18.9 Å². The molecule has 1 aliphatic rings. The molecule has 0 spiro atoms. The van der Waals surface area contributed by atoms with E-state index in [1.54, 1.807) is 12.1 Å². The van der Waals surface area contributed by atoms with Gasteiger partial charge in [0, 0.05) is 12.3 Å². The van der Waals surface area contributed by atoms with Crippen LogP contribution in [0.5, 0.6) is 0 Å². The second-order valence-corrected chi connectivity index (χ2v) is 5.42. The SMILES string of the molecule is O=C(Cc1cccc(F)c1Cl)C1CCCCCC1. The molecule has 3 heteroatoms. The summed E-state index contributed by atoms with van der Waals surface area (Å²) in [5.41, 5.74) is 0.617. The number of ketones is 1. The van der Waals surface area contributed by atoms with Gasteiger partial charge in [-0.1, -0.05) is 49.4 Å². The van der Waals surface area contributed by atoms with Crippen LogP contribution < -0.4 is 0 Å². The van der Waals surface area contributed by atoms with Crippen LogP contribution in [0, 0.1) is 11.7 Å². The van der Waals surface area contributed by atoms with E-state index < -0.39 is 5.82 Å². The van der Waals surface area contributed by atoms with E-state index >= 15 is 0 Å². The van der Waals surface area contributed by atoms with E-state index in [9.17, 15) is 9.18 Å². The van der Waals surface area contributed by atoms with E-state index in [2.05, 4.69) is 0 Å². The Morgan fingerprint density at radius 2 is 1.89 bits per heavy atom. The molecule has 0 saturated heterocycles. The third-order valence-corrected chi connectivity index (χ3v) is 4.13. The fourth-order valence-corrected chi connectivity index (χ4v) is 2.81. The molecule has 0 radical (unpaired) electrons. The first-order valence-electron chi connectivity index (χ1n) is 6.64. The van der Waals surface area contributed by atoms with Crippen molar-refractivity contribution in [2.24, 2.45) is 5.92 Å². The van der Waals surface area contributed by atoms with Crippen molar-refractivity contribution in [3.63, 3.8) is 0 Å². The van der Waals surface area contributed by atoms with Gasteiger partial charge in [-0.05, 0) is 24.5 Å². The molecule has 0 amide bonds. The summed E-state index contributed by atoms with van der Waals surface area (Å²) >= 11 is 5.88. The van der Waals surface area contributed by atoms with Crippen molar-refractivity contribution >= 4 is 17.4 Å². The summed E-state index contributed by atoms with van der Waals surface area (Å²) in [5, 5.41) is 0.0967. The molecule has 2 rings (SSSR count). The van der Waals surface area contributed by atoms with Gasteiger partial charge in [0.15, 0.2) is 0 Å². The molecule has 1 aromatic rings. The third-order valence-electron chi connectivity index (χ3n) is 3.71. The smallest absolute Gasteiger partial charge is 0.142 e. The molecule has 0 aromatic heterocycles. The topological polar surface area (TPSA) is 17.1 Å².